The molecule has 0 spiro atoms. The third-order valence-corrected chi connectivity index (χ3v) is 5.27. The van der Waals surface area contributed by atoms with Crippen LogP contribution in [-0.2, 0) is 6.42 Å². The number of rotatable bonds is 7. The molecular weight excluding hydrogens is 246 g/mol. The van der Waals surface area contributed by atoms with Gasteiger partial charge in [-0.2, -0.15) is 0 Å². The molecule has 1 fully saturated rings. The molecule has 2 heteroatoms. The first-order valence-corrected chi connectivity index (χ1v) is 8.04. The van der Waals surface area contributed by atoms with E-state index < -0.39 is 0 Å². The van der Waals surface area contributed by atoms with Crippen molar-refractivity contribution in [3.05, 3.63) is 29.8 Å². The summed E-state index contributed by atoms with van der Waals surface area (Å²) in [6, 6.07) is 9.17. The van der Waals surface area contributed by atoms with Crippen LogP contribution in [0.3, 0.4) is 0 Å². The number of hydrogen-bond acceptors (Lipinski definition) is 2. The summed E-state index contributed by atoms with van der Waals surface area (Å²) in [5.41, 5.74) is 1.96. The summed E-state index contributed by atoms with van der Waals surface area (Å²) in [7, 11) is 3.85. The number of ether oxygens (including phenoxy) is 1. The Morgan fingerprint density at radius 2 is 1.85 bits per heavy atom. The first-order chi connectivity index (χ1) is 9.74. The van der Waals surface area contributed by atoms with E-state index in [1.54, 1.807) is 7.11 Å². The number of aryl methyl sites for hydroxylation is 1. The Hall–Kier alpha value is -1.02. The minimum atomic E-state index is 0.543. The van der Waals surface area contributed by atoms with E-state index in [0.29, 0.717) is 11.5 Å². The van der Waals surface area contributed by atoms with Crippen molar-refractivity contribution < 1.29 is 4.74 Å². The Kier molecular flexibility index (Phi) is 5.47. The fourth-order valence-corrected chi connectivity index (χ4v) is 3.89. The maximum atomic E-state index is 5.22. The van der Waals surface area contributed by atoms with Crippen molar-refractivity contribution in [3.63, 3.8) is 0 Å². The van der Waals surface area contributed by atoms with Crippen molar-refractivity contribution in [2.75, 3.05) is 14.2 Å². The van der Waals surface area contributed by atoms with Gasteiger partial charge in [0.05, 0.1) is 7.11 Å². The van der Waals surface area contributed by atoms with E-state index in [4.69, 9.17) is 4.74 Å². The molecule has 0 amide bonds. The molecule has 0 heterocycles. The Morgan fingerprint density at radius 1 is 1.20 bits per heavy atom. The van der Waals surface area contributed by atoms with Gasteiger partial charge in [-0.1, -0.05) is 31.9 Å². The molecule has 0 bridgehead atoms. The molecule has 1 atom stereocenters. The first-order valence-electron chi connectivity index (χ1n) is 8.04. The Balaban J connectivity index is 1.95. The second kappa shape index (κ2) is 7.12. The van der Waals surface area contributed by atoms with Gasteiger partial charge in [0.15, 0.2) is 0 Å². The summed E-state index contributed by atoms with van der Waals surface area (Å²) in [6.45, 7) is 2.36. The molecule has 112 valence electrons. The van der Waals surface area contributed by atoms with Crippen LogP contribution >= 0.6 is 0 Å². The molecule has 2 nitrogen and oxygen atoms in total. The summed E-state index contributed by atoms with van der Waals surface area (Å²) in [5, 5.41) is 3.60. The fraction of sp³-hybridized carbons (Fsp3) is 0.667. The predicted octanol–water partition coefficient (Wildman–Crippen LogP) is 4.19. The lowest BCUT2D eigenvalue weighted by Crippen LogP contribution is -2.42. The lowest BCUT2D eigenvalue weighted by Gasteiger charge is -2.37. The molecule has 0 aromatic heterocycles. The third kappa shape index (κ3) is 3.35. The highest BCUT2D eigenvalue weighted by atomic mass is 16.5. The number of hydrogen-bond donors (Lipinski definition) is 1. The van der Waals surface area contributed by atoms with Crippen molar-refractivity contribution in [3.8, 4) is 5.75 Å². The molecule has 1 N–H and O–H groups in total. The van der Waals surface area contributed by atoms with Gasteiger partial charge < -0.3 is 10.1 Å². The van der Waals surface area contributed by atoms with E-state index in [1.165, 1.54) is 44.1 Å². The largest absolute Gasteiger partial charge is 0.497 e. The van der Waals surface area contributed by atoms with Crippen molar-refractivity contribution in [1.29, 1.82) is 0 Å². The van der Waals surface area contributed by atoms with Crippen LogP contribution in [0, 0.1) is 5.41 Å². The molecule has 0 radical (unpaired) electrons. The van der Waals surface area contributed by atoms with Gasteiger partial charge >= 0.3 is 0 Å². The van der Waals surface area contributed by atoms with Gasteiger partial charge in [0.2, 0.25) is 0 Å². The second-order valence-electron chi connectivity index (χ2n) is 6.15. The van der Waals surface area contributed by atoms with Crippen LogP contribution < -0.4 is 10.1 Å². The van der Waals surface area contributed by atoms with Gasteiger partial charge in [0, 0.05) is 6.04 Å². The molecule has 1 saturated carbocycles. The van der Waals surface area contributed by atoms with Gasteiger partial charge in [0.25, 0.3) is 0 Å². The maximum absolute atomic E-state index is 5.22. The van der Waals surface area contributed by atoms with Crippen LogP contribution in [0.1, 0.15) is 51.0 Å². The summed E-state index contributed by atoms with van der Waals surface area (Å²) >= 11 is 0. The number of benzene rings is 1. The zero-order chi connectivity index (χ0) is 14.4. The molecule has 1 aliphatic rings. The van der Waals surface area contributed by atoms with Gasteiger partial charge in [-0.3, -0.25) is 0 Å². The maximum Gasteiger partial charge on any atom is 0.118 e. The number of methoxy groups -OCH3 is 1. The first kappa shape index (κ1) is 15.4. The average molecular weight is 275 g/mol. The molecule has 20 heavy (non-hydrogen) atoms. The van der Waals surface area contributed by atoms with Crippen LogP contribution in [0.5, 0.6) is 5.75 Å². The van der Waals surface area contributed by atoms with Crippen molar-refractivity contribution in [1.82, 2.24) is 5.32 Å². The zero-order valence-electron chi connectivity index (χ0n) is 13.2. The van der Waals surface area contributed by atoms with Crippen molar-refractivity contribution in [2.24, 2.45) is 5.41 Å². The number of nitrogens with one attached hydrogen (secondary N) is 1. The van der Waals surface area contributed by atoms with E-state index in [9.17, 15) is 0 Å². The fourth-order valence-electron chi connectivity index (χ4n) is 3.89. The molecular formula is C18H29NO. The lowest BCUT2D eigenvalue weighted by molar-refractivity contribution is 0.184. The highest BCUT2D eigenvalue weighted by molar-refractivity contribution is 5.27. The Morgan fingerprint density at radius 3 is 2.35 bits per heavy atom. The highest BCUT2D eigenvalue weighted by Crippen LogP contribution is 2.44. The molecule has 1 aromatic rings. The van der Waals surface area contributed by atoms with Gasteiger partial charge in [-0.25, -0.2) is 0 Å². The summed E-state index contributed by atoms with van der Waals surface area (Å²) < 4.78 is 5.22. The van der Waals surface area contributed by atoms with Crippen LogP contribution in [-0.4, -0.2) is 20.2 Å². The van der Waals surface area contributed by atoms with Crippen LogP contribution in [0.4, 0.5) is 0 Å². The normalized spacial score (nSPS) is 18.9. The van der Waals surface area contributed by atoms with Gasteiger partial charge in [0.1, 0.15) is 5.75 Å². The summed E-state index contributed by atoms with van der Waals surface area (Å²) in [6.07, 6.45) is 9.31. The summed E-state index contributed by atoms with van der Waals surface area (Å²) in [5.74, 6) is 0.944. The molecule has 1 aromatic carbocycles. The van der Waals surface area contributed by atoms with E-state index in [-0.39, 0.29) is 0 Å². The molecule has 1 unspecified atom stereocenters. The summed E-state index contributed by atoms with van der Waals surface area (Å²) in [4.78, 5) is 0. The zero-order valence-corrected chi connectivity index (χ0v) is 13.2. The lowest BCUT2D eigenvalue weighted by atomic mass is 9.74. The van der Waals surface area contributed by atoms with E-state index in [2.05, 4.69) is 43.6 Å². The Labute approximate surface area is 123 Å². The average Bonchev–Trinajstić information content (AvgIpc) is 2.98. The van der Waals surface area contributed by atoms with E-state index in [1.807, 2.05) is 0 Å². The Bertz CT molecular complexity index is 392. The molecule has 0 saturated heterocycles. The van der Waals surface area contributed by atoms with E-state index in [0.717, 1.165) is 12.2 Å². The standard InChI is InChI=1S/C18H29NO/c1-4-18(13-5-6-14-18)17(19-2)12-9-15-7-10-16(20-3)11-8-15/h7-8,10-11,17,19H,4-6,9,12-14H2,1-3H3. The van der Waals surface area contributed by atoms with Crippen LogP contribution in [0.15, 0.2) is 24.3 Å². The molecule has 0 aliphatic heterocycles. The quantitative estimate of drug-likeness (QED) is 0.806. The van der Waals surface area contributed by atoms with Gasteiger partial charge in [-0.05, 0) is 62.3 Å². The highest BCUT2D eigenvalue weighted by Gasteiger charge is 2.38. The molecule has 2 rings (SSSR count). The monoisotopic (exact) mass is 275 g/mol. The van der Waals surface area contributed by atoms with Gasteiger partial charge in [-0.15, -0.1) is 0 Å². The van der Waals surface area contributed by atoms with Crippen LogP contribution in [0.25, 0.3) is 0 Å². The van der Waals surface area contributed by atoms with Crippen LogP contribution in [0.2, 0.25) is 0 Å². The van der Waals surface area contributed by atoms with E-state index >= 15 is 0 Å². The SMILES string of the molecule is CCC1(C(CCc2ccc(OC)cc2)NC)CCCC1. The minimum Gasteiger partial charge on any atom is -0.497 e. The third-order valence-electron chi connectivity index (χ3n) is 5.27. The smallest absolute Gasteiger partial charge is 0.118 e. The predicted molar refractivity (Wildman–Crippen MR) is 85.4 cm³/mol. The second-order valence-corrected chi connectivity index (χ2v) is 6.15. The van der Waals surface area contributed by atoms with Crippen molar-refractivity contribution in [2.45, 2.75) is 57.9 Å². The molecule has 1 aliphatic carbocycles. The van der Waals surface area contributed by atoms with Crippen molar-refractivity contribution >= 4 is 0 Å². The topological polar surface area (TPSA) is 21.3 Å². The minimum absolute atomic E-state index is 0.543.